The summed E-state index contributed by atoms with van der Waals surface area (Å²) in [7, 11) is -0.889. The molecule has 0 saturated carbocycles. The Morgan fingerprint density at radius 1 is 1.40 bits per heavy atom. The molecule has 25 heavy (non-hydrogen) atoms. The van der Waals surface area contributed by atoms with Crippen molar-refractivity contribution in [1.82, 2.24) is 0 Å². The van der Waals surface area contributed by atoms with Crippen molar-refractivity contribution in [2.75, 3.05) is 20.3 Å². The highest BCUT2D eigenvalue weighted by Gasteiger charge is 2.40. The number of esters is 1. The van der Waals surface area contributed by atoms with Crippen molar-refractivity contribution < 1.29 is 23.5 Å². The molecule has 0 spiro atoms. The standard InChI is InChI=1S/C17H30N2O5Si/c1-9-11-22-12-14(24-25(7,8)17(3,4)5)15(18)19-23-13(10-2)16(20)21-6/h1,10,14H,11-12H2,2-8H3,(H2,18,19). The maximum atomic E-state index is 11.5. The minimum atomic E-state index is -2.14. The molecule has 0 aromatic carbocycles. The van der Waals surface area contributed by atoms with Gasteiger partial charge in [-0.3, -0.25) is 0 Å². The van der Waals surface area contributed by atoms with E-state index >= 15 is 0 Å². The molecule has 142 valence electrons. The number of methoxy groups -OCH3 is 1. The number of nitrogens with two attached hydrogens (primary N) is 1. The van der Waals surface area contributed by atoms with E-state index in [1.54, 1.807) is 6.92 Å². The van der Waals surface area contributed by atoms with Crippen molar-refractivity contribution in [3.8, 4) is 12.3 Å². The zero-order valence-electron chi connectivity index (χ0n) is 16.2. The second-order valence-electron chi connectivity index (χ2n) is 6.84. The summed E-state index contributed by atoms with van der Waals surface area (Å²) in [6, 6.07) is 0. The summed E-state index contributed by atoms with van der Waals surface area (Å²) >= 11 is 0. The minimum Gasteiger partial charge on any atom is -0.463 e. The van der Waals surface area contributed by atoms with Gasteiger partial charge in [-0.05, 0) is 31.1 Å². The molecule has 1 atom stereocenters. The quantitative estimate of drug-likeness (QED) is 0.0771. The predicted molar refractivity (Wildman–Crippen MR) is 100 cm³/mol. The van der Waals surface area contributed by atoms with Gasteiger partial charge >= 0.3 is 5.97 Å². The van der Waals surface area contributed by atoms with Crippen LogP contribution < -0.4 is 5.73 Å². The van der Waals surface area contributed by atoms with Gasteiger partial charge in [0.2, 0.25) is 5.76 Å². The number of carbonyl (C=O) groups is 1. The van der Waals surface area contributed by atoms with Crippen molar-refractivity contribution in [2.24, 2.45) is 10.9 Å². The average molecular weight is 371 g/mol. The maximum absolute atomic E-state index is 11.5. The lowest BCUT2D eigenvalue weighted by Crippen LogP contribution is -2.49. The summed E-state index contributed by atoms with van der Waals surface area (Å²) in [5.74, 6) is 1.73. The van der Waals surface area contributed by atoms with Gasteiger partial charge in [0.25, 0.3) is 0 Å². The molecule has 7 nitrogen and oxygen atoms in total. The lowest BCUT2D eigenvalue weighted by molar-refractivity contribution is -0.140. The van der Waals surface area contributed by atoms with Crippen LogP contribution in [-0.2, 0) is 23.5 Å². The molecular weight excluding hydrogens is 340 g/mol. The van der Waals surface area contributed by atoms with Crippen molar-refractivity contribution in [3.63, 3.8) is 0 Å². The fourth-order valence-electron chi connectivity index (χ4n) is 1.41. The van der Waals surface area contributed by atoms with Crippen LogP contribution in [0, 0.1) is 12.3 Å². The minimum absolute atomic E-state index is 0.0288. The van der Waals surface area contributed by atoms with Crippen molar-refractivity contribution in [2.45, 2.75) is 51.9 Å². The van der Waals surface area contributed by atoms with Crippen LogP contribution in [0.2, 0.25) is 18.1 Å². The number of ether oxygens (including phenoxy) is 2. The number of terminal acetylenes is 1. The van der Waals surface area contributed by atoms with Gasteiger partial charge in [-0.25, -0.2) is 4.79 Å². The molecule has 1 unspecified atom stereocenters. The third-order valence-corrected chi connectivity index (χ3v) is 8.41. The summed E-state index contributed by atoms with van der Waals surface area (Å²) < 4.78 is 16.2. The topological polar surface area (TPSA) is 92.4 Å². The van der Waals surface area contributed by atoms with Crippen LogP contribution >= 0.6 is 0 Å². The molecule has 0 aromatic heterocycles. The Hall–Kier alpha value is -1.82. The highest BCUT2D eigenvalue weighted by molar-refractivity contribution is 6.74. The highest BCUT2D eigenvalue weighted by atomic mass is 28.4. The van der Waals surface area contributed by atoms with Gasteiger partial charge in [0.15, 0.2) is 14.2 Å². The number of rotatable bonds is 9. The van der Waals surface area contributed by atoms with E-state index in [4.69, 9.17) is 26.2 Å². The van der Waals surface area contributed by atoms with E-state index in [0.717, 1.165) is 0 Å². The van der Waals surface area contributed by atoms with Crippen molar-refractivity contribution in [3.05, 3.63) is 11.8 Å². The Bertz CT molecular complexity index is 544. The van der Waals surface area contributed by atoms with Crippen LogP contribution in [0.4, 0.5) is 0 Å². The monoisotopic (exact) mass is 370 g/mol. The van der Waals surface area contributed by atoms with Gasteiger partial charge in [0.05, 0.1) is 13.7 Å². The smallest absolute Gasteiger partial charge is 0.376 e. The van der Waals surface area contributed by atoms with Gasteiger partial charge in [-0.15, -0.1) is 6.42 Å². The lowest BCUT2D eigenvalue weighted by Gasteiger charge is -2.38. The molecule has 0 aliphatic rings. The zero-order valence-corrected chi connectivity index (χ0v) is 17.2. The fraction of sp³-hybridized carbons (Fsp3) is 0.647. The number of carbonyl (C=O) groups excluding carboxylic acids is 1. The summed E-state index contributed by atoms with van der Waals surface area (Å²) in [6.45, 7) is 12.4. The van der Waals surface area contributed by atoms with Crippen LogP contribution in [-0.4, -0.2) is 46.5 Å². The highest BCUT2D eigenvalue weighted by Crippen LogP contribution is 2.37. The second kappa shape index (κ2) is 10.2. The number of oxime groups is 1. The molecule has 0 aliphatic carbocycles. The molecule has 0 radical (unpaired) electrons. The van der Waals surface area contributed by atoms with E-state index in [-0.39, 0.29) is 29.8 Å². The number of hydrogen-bond donors (Lipinski definition) is 1. The molecule has 0 amide bonds. The van der Waals surface area contributed by atoms with E-state index in [1.807, 2.05) is 0 Å². The second-order valence-corrected chi connectivity index (χ2v) is 11.6. The molecule has 0 heterocycles. The van der Waals surface area contributed by atoms with E-state index in [1.165, 1.54) is 13.2 Å². The van der Waals surface area contributed by atoms with E-state index in [0.29, 0.717) is 0 Å². The molecule has 0 fully saturated rings. The van der Waals surface area contributed by atoms with Gasteiger partial charge < -0.3 is 24.5 Å². The molecule has 0 aromatic rings. The molecule has 0 saturated heterocycles. The molecule has 0 rings (SSSR count). The van der Waals surface area contributed by atoms with Crippen molar-refractivity contribution >= 4 is 20.1 Å². The number of amidine groups is 1. The SMILES string of the molecule is C#CCOCC(O[Si](C)(C)C(C)(C)C)/C(N)=N/OC(=CC)C(=O)OC. The molecular formula is C17H30N2O5Si. The first kappa shape index (κ1) is 23.2. The summed E-state index contributed by atoms with van der Waals surface area (Å²) in [4.78, 5) is 16.6. The van der Waals surface area contributed by atoms with Crippen molar-refractivity contribution in [1.29, 1.82) is 0 Å². The number of hydrogen-bond acceptors (Lipinski definition) is 6. The van der Waals surface area contributed by atoms with Crippen LogP contribution in [0.5, 0.6) is 0 Å². The van der Waals surface area contributed by atoms with Gasteiger partial charge in [-0.1, -0.05) is 31.8 Å². The Morgan fingerprint density at radius 2 is 2.00 bits per heavy atom. The largest absolute Gasteiger partial charge is 0.463 e. The van der Waals surface area contributed by atoms with Crippen LogP contribution in [0.1, 0.15) is 27.7 Å². The zero-order chi connectivity index (χ0) is 19.7. The number of nitrogens with zero attached hydrogens (tertiary/aromatic N) is 1. The normalized spacial score (nSPS) is 14.6. The first-order valence-electron chi connectivity index (χ1n) is 7.94. The van der Waals surface area contributed by atoms with Crippen LogP contribution in [0.25, 0.3) is 0 Å². The van der Waals surface area contributed by atoms with E-state index in [9.17, 15) is 4.79 Å². The fourth-order valence-corrected chi connectivity index (χ4v) is 2.66. The van der Waals surface area contributed by atoms with Gasteiger partial charge in [-0.2, -0.15) is 0 Å². The Kier molecular flexibility index (Phi) is 9.49. The summed E-state index contributed by atoms with van der Waals surface area (Å²) in [5, 5.41) is 3.77. The average Bonchev–Trinajstić information content (AvgIpc) is 2.52. The Labute approximate surface area is 151 Å². The summed E-state index contributed by atoms with van der Waals surface area (Å²) in [5.41, 5.74) is 6.01. The van der Waals surface area contributed by atoms with E-state index in [2.05, 4.69) is 49.7 Å². The van der Waals surface area contributed by atoms with E-state index < -0.39 is 20.4 Å². The maximum Gasteiger partial charge on any atom is 0.376 e. The summed E-state index contributed by atoms with van der Waals surface area (Å²) in [6.07, 6.45) is 6.00. The first-order chi connectivity index (χ1) is 11.5. The molecule has 0 aliphatic heterocycles. The van der Waals surface area contributed by atoms with Crippen LogP contribution in [0.15, 0.2) is 17.0 Å². The molecule has 8 heteroatoms. The number of allylic oxidation sites excluding steroid dienone is 1. The Balaban J connectivity index is 5.29. The molecule has 2 N–H and O–H groups in total. The molecule has 0 bridgehead atoms. The van der Waals surface area contributed by atoms with Gasteiger partial charge in [0, 0.05) is 0 Å². The first-order valence-corrected chi connectivity index (χ1v) is 10.8. The Morgan fingerprint density at radius 3 is 2.44 bits per heavy atom. The lowest BCUT2D eigenvalue weighted by atomic mass is 10.2. The third-order valence-electron chi connectivity index (χ3n) is 3.93. The van der Waals surface area contributed by atoms with Crippen LogP contribution in [0.3, 0.4) is 0 Å². The third kappa shape index (κ3) is 7.73. The predicted octanol–water partition coefficient (Wildman–Crippen LogP) is 2.39. The van der Waals surface area contributed by atoms with Gasteiger partial charge in [0.1, 0.15) is 12.7 Å².